The number of carbonyl (C=O) groups excluding carboxylic acids is 1. The molecule has 2 rings (SSSR count). The highest BCUT2D eigenvalue weighted by atomic mass is 16.2. The summed E-state index contributed by atoms with van der Waals surface area (Å²) in [4.78, 5) is 16.5. The number of likely N-dealkylation sites (tertiary alicyclic amines) is 2. The third-order valence-electron chi connectivity index (χ3n) is 3.93. The van der Waals surface area contributed by atoms with Crippen LogP contribution in [0.4, 0.5) is 0 Å². The lowest BCUT2D eigenvalue weighted by molar-refractivity contribution is -0.130. The van der Waals surface area contributed by atoms with Crippen molar-refractivity contribution < 1.29 is 4.79 Å². The highest BCUT2D eigenvalue weighted by Crippen LogP contribution is 2.21. The molecule has 2 aliphatic heterocycles. The Labute approximate surface area is 98.8 Å². The Bertz CT molecular complexity index is 236. The lowest BCUT2D eigenvalue weighted by Gasteiger charge is -2.26. The minimum Gasteiger partial charge on any atom is -0.343 e. The molecule has 0 aliphatic carbocycles. The van der Waals surface area contributed by atoms with E-state index in [2.05, 4.69) is 16.7 Å². The van der Waals surface area contributed by atoms with Crippen molar-refractivity contribution in [3.8, 4) is 0 Å². The predicted octanol–water partition coefficient (Wildman–Crippen LogP) is 1.87. The van der Waals surface area contributed by atoms with Crippen LogP contribution in [0.15, 0.2) is 0 Å². The van der Waals surface area contributed by atoms with Crippen molar-refractivity contribution in [1.82, 2.24) is 9.80 Å². The average Bonchev–Trinajstić information content (AvgIpc) is 2.75. The van der Waals surface area contributed by atoms with Gasteiger partial charge in [0.25, 0.3) is 0 Å². The van der Waals surface area contributed by atoms with Crippen LogP contribution in [0.1, 0.15) is 45.4 Å². The summed E-state index contributed by atoms with van der Waals surface area (Å²) in [6, 6.07) is 0.674. The second kappa shape index (κ2) is 5.67. The number of carbonyl (C=O) groups is 1. The van der Waals surface area contributed by atoms with Gasteiger partial charge in [-0.1, -0.05) is 6.92 Å². The Balaban J connectivity index is 1.88. The number of nitrogens with zero attached hydrogens (tertiary/aromatic N) is 2. The van der Waals surface area contributed by atoms with Crippen molar-refractivity contribution in [3.05, 3.63) is 0 Å². The molecule has 3 heteroatoms. The molecule has 2 saturated heterocycles. The first-order valence-corrected chi connectivity index (χ1v) is 6.83. The van der Waals surface area contributed by atoms with Crippen molar-refractivity contribution >= 4 is 5.91 Å². The van der Waals surface area contributed by atoms with Crippen LogP contribution in [0, 0.1) is 0 Å². The lowest BCUT2D eigenvalue weighted by atomic mass is 10.1. The zero-order chi connectivity index (χ0) is 11.4. The van der Waals surface area contributed by atoms with E-state index in [0.717, 1.165) is 32.4 Å². The van der Waals surface area contributed by atoms with Gasteiger partial charge in [0.05, 0.1) is 0 Å². The van der Waals surface area contributed by atoms with Crippen LogP contribution in [0.3, 0.4) is 0 Å². The van der Waals surface area contributed by atoms with Gasteiger partial charge in [-0.3, -0.25) is 4.79 Å². The molecule has 0 spiro atoms. The topological polar surface area (TPSA) is 23.6 Å². The molecule has 0 radical (unpaired) electrons. The Kier molecular flexibility index (Phi) is 4.22. The van der Waals surface area contributed by atoms with E-state index >= 15 is 0 Å². The summed E-state index contributed by atoms with van der Waals surface area (Å²) in [6.45, 7) is 6.59. The third-order valence-corrected chi connectivity index (χ3v) is 3.93. The van der Waals surface area contributed by atoms with Crippen LogP contribution in [-0.2, 0) is 4.79 Å². The normalized spacial score (nSPS) is 28.4. The summed E-state index contributed by atoms with van der Waals surface area (Å²) >= 11 is 0. The largest absolute Gasteiger partial charge is 0.343 e. The molecule has 16 heavy (non-hydrogen) atoms. The molecule has 2 aliphatic rings. The maximum absolute atomic E-state index is 11.9. The summed E-state index contributed by atoms with van der Waals surface area (Å²) in [6.07, 6.45) is 6.82. The number of amides is 1. The standard InChI is InChI=1S/C13H24N2O/c1-2-8-15-11-7-12(5-6-13(15)16)14-9-3-4-10-14/h12H,2-11H2,1H3. The maximum Gasteiger partial charge on any atom is 0.222 e. The molecule has 92 valence electrons. The van der Waals surface area contributed by atoms with Crippen molar-refractivity contribution in [3.63, 3.8) is 0 Å². The molecule has 2 fully saturated rings. The fourth-order valence-electron chi connectivity index (χ4n) is 3.00. The van der Waals surface area contributed by atoms with E-state index in [9.17, 15) is 4.79 Å². The van der Waals surface area contributed by atoms with E-state index < -0.39 is 0 Å². The van der Waals surface area contributed by atoms with Crippen LogP contribution in [0.2, 0.25) is 0 Å². The highest BCUT2D eigenvalue weighted by molar-refractivity contribution is 5.76. The van der Waals surface area contributed by atoms with Crippen LogP contribution >= 0.6 is 0 Å². The van der Waals surface area contributed by atoms with Crippen molar-refractivity contribution in [2.24, 2.45) is 0 Å². The van der Waals surface area contributed by atoms with E-state index in [-0.39, 0.29) is 0 Å². The Hall–Kier alpha value is -0.570. The van der Waals surface area contributed by atoms with Crippen molar-refractivity contribution in [1.29, 1.82) is 0 Å². The molecule has 0 saturated carbocycles. The quantitative estimate of drug-likeness (QED) is 0.730. The third kappa shape index (κ3) is 2.76. The zero-order valence-electron chi connectivity index (χ0n) is 10.5. The van der Waals surface area contributed by atoms with Gasteiger partial charge in [0.2, 0.25) is 5.91 Å². The summed E-state index contributed by atoms with van der Waals surface area (Å²) in [5.41, 5.74) is 0. The van der Waals surface area contributed by atoms with Crippen molar-refractivity contribution in [2.45, 2.75) is 51.5 Å². The lowest BCUT2D eigenvalue weighted by Crippen LogP contribution is -2.34. The second-order valence-corrected chi connectivity index (χ2v) is 5.11. The molecule has 3 nitrogen and oxygen atoms in total. The number of hydrogen-bond acceptors (Lipinski definition) is 2. The van der Waals surface area contributed by atoms with Crippen LogP contribution in [0.5, 0.6) is 0 Å². The molecule has 0 N–H and O–H groups in total. The van der Waals surface area contributed by atoms with Gasteiger partial charge in [-0.2, -0.15) is 0 Å². The summed E-state index contributed by atoms with van der Waals surface area (Å²) < 4.78 is 0. The molecule has 1 amide bonds. The summed E-state index contributed by atoms with van der Waals surface area (Å²) in [5.74, 6) is 0.378. The van der Waals surface area contributed by atoms with Gasteiger partial charge in [-0.15, -0.1) is 0 Å². The van der Waals surface area contributed by atoms with Gasteiger partial charge in [-0.25, -0.2) is 0 Å². The van der Waals surface area contributed by atoms with E-state index in [1.54, 1.807) is 0 Å². The first-order valence-electron chi connectivity index (χ1n) is 6.83. The minimum absolute atomic E-state index is 0.378. The van der Waals surface area contributed by atoms with E-state index in [4.69, 9.17) is 0 Å². The summed E-state index contributed by atoms with van der Waals surface area (Å²) in [7, 11) is 0. The van der Waals surface area contributed by atoms with Gasteiger partial charge in [-0.05, 0) is 45.2 Å². The summed E-state index contributed by atoms with van der Waals surface area (Å²) in [5, 5.41) is 0. The van der Waals surface area contributed by atoms with E-state index in [1.165, 1.54) is 32.4 Å². The molecule has 0 aromatic rings. The molecule has 1 atom stereocenters. The van der Waals surface area contributed by atoms with Gasteiger partial charge in [0.1, 0.15) is 0 Å². The fraction of sp³-hybridized carbons (Fsp3) is 0.923. The second-order valence-electron chi connectivity index (χ2n) is 5.11. The molecule has 2 heterocycles. The molecule has 0 bridgehead atoms. The Morgan fingerprint density at radius 2 is 1.94 bits per heavy atom. The van der Waals surface area contributed by atoms with Gasteiger partial charge >= 0.3 is 0 Å². The fourth-order valence-corrected chi connectivity index (χ4v) is 3.00. The molecule has 1 unspecified atom stereocenters. The van der Waals surface area contributed by atoms with E-state index in [1.807, 2.05) is 0 Å². The Morgan fingerprint density at radius 1 is 1.19 bits per heavy atom. The van der Waals surface area contributed by atoms with Crippen LogP contribution in [0.25, 0.3) is 0 Å². The molecule has 0 aromatic heterocycles. The monoisotopic (exact) mass is 224 g/mol. The maximum atomic E-state index is 11.9. The van der Waals surface area contributed by atoms with Gasteiger partial charge in [0, 0.05) is 25.6 Å². The number of rotatable bonds is 3. The number of hydrogen-bond donors (Lipinski definition) is 0. The first-order chi connectivity index (χ1) is 7.81. The molecular formula is C13H24N2O. The highest BCUT2D eigenvalue weighted by Gasteiger charge is 2.27. The van der Waals surface area contributed by atoms with Crippen molar-refractivity contribution in [2.75, 3.05) is 26.2 Å². The zero-order valence-corrected chi connectivity index (χ0v) is 10.5. The smallest absolute Gasteiger partial charge is 0.222 e. The van der Waals surface area contributed by atoms with Crippen LogP contribution in [-0.4, -0.2) is 47.9 Å². The van der Waals surface area contributed by atoms with Gasteiger partial charge in [0.15, 0.2) is 0 Å². The first kappa shape index (κ1) is 11.9. The van der Waals surface area contributed by atoms with Crippen LogP contribution < -0.4 is 0 Å². The molecular weight excluding hydrogens is 200 g/mol. The van der Waals surface area contributed by atoms with Gasteiger partial charge < -0.3 is 9.80 Å². The molecule has 0 aromatic carbocycles. The minimum atomic E-state index is 0.378. The predicted molar refractivity (Wildman–Crippen MR) is 65.3 cm³/mol. The Morgan fingerprint density at radius 3 is 2.62 bits per heavy atom. The average molecular weight is 224 g/mol. The SMILES string of the molecule is CCCN1CCC(N2CCCC2)CCC1=O. The van der Waals surface area contributed by atoms with E-state index in [0.29, 0.717) is 11.9 Å².